The molecule has 3 aromatic rings. The van der Waals surface area contributed by atoms with Crippen molar-refractivity contribution in [3.05, 3.63) is 30.3 Å². The standard InChI is InChI=1S/C64H110N2O5S/c1-6-11-16-21-26-31-36-41-46-67-58-51-56(52-59(55-58)68-47-42-37-32-27-22-17-12-7-2)63-65-66-64(72-63)57-53-60(69-48-43-38-33-28-23-18-13-8-3)62(71-50-45-40-35-30-25-20-15-10-5)61(54-57)70-49-44-39-34-29-24-19-14-9-4/h51-55H,6-50H2,1-5H3. The molecular weight excluding hydrogens is 909 g/mol. The molecule has 0 amide bonds. The maximum atomic E-state index is 6.72. The number of aromatic nitrogens is 2. The van der Waals surface area contributed by atoms with E-state index in [0.717, 1.165) is 82.0 Å². The van der Waals surface area contributed by atoms with Crippen molar-refractivity contribution in [2.24, 2.45) is 0 Å². The van der Waals surface area contributed by atoms with E-state index in [1.807, 2.05) is 0 Å². The molecule has 72 heavy (non-hydrogen) atoms. The lowest BCUT2D eigenvalue weighted by molar-refractivity contribution is 0.234. The SMILES string of the molecule is CCCCCCCCCCOc1cc(OCCCCCCCCCC)cc(-c2nnc(-c3cc(OCCCCCCCCCC)c(OCCCCCCCCCC)c(OCCCCCCCCCC)c3)s2)c1. The molecular formula is C64H110N2O5S. The van der Waals surface area contributed by atoms with E-state index in [-0.39, 0.29) is 0 Å². The zero-order valence-corrected chi connectivity index (χ0v) is 48.4. The van der Waals surface area contributed by atoms with Crippen molar-refractivity contribution >= 4 is 11.3 Å². The van der Waals surface area contributed by atoms with Crippen molar-refractivity contribution in [2.45, 2.75) is 291 Å². The molecule has 0 radical (unpaired) electrons. The first-order valence-corrected chi connectivity index (χ1v) is 31.8. The summed E-state index contributed by atoms with van der Waals surface area (Å²) in [5.41, 5.74) is 1.92. The molecule has 0 aliphatic carbocycles. The summed E-state index contributed by atoms with van der Waals surface area (Å²) in [6.45, 7) is 14.8. The van der Waals surface area contributed by atoms with Crippen molar-refractivity contribution < 1.29 is 23.7 Å². The smallest absolute Gasteiger partial charge is 0.203 e. The van der Waals surface area contributed by atoms with Crippen LogP contribution in [0, 0.1) is 0 Å². The van der Waals surface area contributed by atoms with E-state index in [1.165, 1.54) is 225 Å². The summed E-state index contributed by atoms with van der Waals surface area (Å²) in [5, 5.41) is 11.3. The molecule has 0 unspecified atom stereocenters. The van der Waals surface area contributed by atoms with E-state index < -0.39 is 0 Å². The minimum Gasteiger partial charge on any atom is -0.493 e. The lowest BCUT2D eigenvalue weighted by atomic mass is 10.1. The van der Waals surface area contributed by atoms with Gasteiger partial charge in [-0.25, -0.2) is 0 Å². The average molecular weight is 1020 g/mol. The van der Waals surface area contributed by atoms with Crippen LogP contribution in [-0.4, -0.2) is 43.2 Å². The van der Waals surface area contributed by atoms with Crippen molar-refractivity contribution in [1.29, 1.82) is 0 Å². The molecule has 0 atom stereocenters. The second-order valence-electron chi connectivity index (χ2n) is 21.0. The van der Waals surface area contributed by atoms with E-state index in [2.05, 4.69) is 65.0 Å². The van der Waals surface area contributed by atoms with Gasteiger partial charge >= 0.3 is 0 Å². The van der Waals surface area contributed by atoms with Gasteiger partial charge in [0.2, 0.25) is 5.75 Å². The van der Waals surface area contributed by atoms with E-state index in [0.29, 0.717) is 33.0 Å². The topological polar surface area (TPSA) is 71.9 Å². The second-order valence-corrected chi connectivity index (χ2v) is 22.0. The fraction of sp³-hybridized carbons (Fsp3) is 0.781. The Morgan fingerprint density at radius 2 is 0.528 bits per heavy atom. The normalized spacial score (nSPS) is 11.4. The molecule has 0 aliphatic heterocycles. The number of ether oxygens (including phenoxy) is 5. The summed E-state index contributed by atoms with van der Waals surface area (Å²) in [6, 6.07) is 10.6. The first-order valence-electron chi connectivity index (χ1n) is 30.9. The zero-order valence-electron chi connectivity index (χ0n) is 47.6. The number of hydrogen-bond donors (Lipinski definition) is 0. The van der Waals surface area contributed by atoms with Crippen molar-refractivity contribution in [1.82, 2.24) is 10.2 Å². The van der Waals surface area contributed by atoms with Gasteiger partial charge in [-0.1, -0.05) is 271 Å². The Labute approximate surface area is 447 Å². The predicted molar refractivity (Wildman–Crippen MR) is 311 cm³/mol. The third kappa shape index (κ3) is 31.0. The van der Waals surface area contributed by atoms with E-state index >= 15 is 0 Å². The highest BCUT2D eigenvalue weighted by atomic mass is 32.1. The predicted octanol–water partition coefficient (Wildman–Crippen LogP) is 21.5. The van der Waals surface area contributed by atoms with Crippen LogP contribution in [0.15, 0.2) is 30.3 Å². The molecule has 2 aromatic carbocycles. The molecule has 0 aliphatic rings. The third-order valence-corrected chi connectivity index (χ3v) is 15.1. The van der Waals surface area contributed by atoms with Crippen LogP contribution in [-0.2, 0) is 0 Å². The summed E-state index contributed by atoms with van der Waals surface area (Å²) in [7, 11) is 0. The largest absolute Gasteiger partial charge is 0.493 e. The fourth-order valence-corrected chi connectivity index (χ4v) is 10.3. The first kappa shape index (κ1) is 63.3. The minimum atomic E-state index is 0.652. The zero-order chi connectivity index (χ0) is 51.2. The molecule has 0 saturated carbocycles. The van der Waals surface area contributed by atoms with Crippen molar-refractivity contribution in [3.63, 3.8) is 0 Å². The molecule has 0 fully saturated rings. The quantitative estimate of drug-likeness (QED) is 0.0522. The van der Waals surface area contributed by atoms with Crippen LogP contribution in [0.4, 0.5) is 0 Å². The summed E-state index contributed by atoms with van der Waals surface area (Å²) in [6.07, 6.45) is 50.6. The molecule has 8 heteroatoms. The van der Waals surface area contributed by atoms with Gasteiger partial charge in [0.05, 0.1) is 33.0 Å². The van der Waals surface area contributed by atoms with Crippen molar-refractivity contribution in [2.75, 3.05) is 33.0 Å². The van der Waals surface area contributed by atoms with Gasteiger partial charge in [0.1, 0.15) is 21.5 Å². The van der Waals surface area contributed by atoms with Gasteiger partial charge in [0.25, 0.3) is 0 Å². The molecule has 7 nitrogen and oxygen atoms in total. The lowest BCUT2D eigenvalue weighted by Crippen LogP contribution is -2.06. The number of benzene rings is 2. The van der Waals surface area contributed by atoms with Gasteiger partial charge in [-0.2, -0.15) is 0 Å². The lowest BCUT2D eigenvalue weighted by Gasteiger charge is -2.18. The van der Waals surface area contributed by atoms with Crippen LogP contribution in [0.1, 0.15) is 291 Å². The number of nitrogens with zero attached hydrogens (tertiary/aromatic N) is 2. The molecule has 412 valence electrons. The van der Waals surface area contributed by atoms with E-state index in [4.69, 9.17) is 33.9 Å². The summed E-state index contributed by atoms with van der Waals surface area (Å²) >= 11 is 1.60. The first-order chi connectivity index (χ1) is 35.6. The van der Waals surface area contributed by atoms with Gasteiger partial charge < -0.3 is 23.7 Å². The van der Waals surface area contributed by atoms with Gasteiger partial charge in [-0.15, -0.1) is 10.2 Å². The summed E-state index contributed by atoms with van der Waals surface area (Å²) in [4.78, 5) is 0. The van der Waals surface area contributed by atoms with Crippen molar-refractivity contribution in [3.8, 4) is 49.9 Å². The van der Waals surface area contributed by atoms with Gasteiger partial charge in [0, 0.05) is 17.2 Å². The van der Waals surface area contributed by atoms with Crippen LogP contribution in [0.3, 0.4) is 0 Å². The van der Waals surface area contributed by atoms with Gasteiger partial charge in [-0.05, 0) is 56.4 Å². The van der Waals surface area contributed by atoms with Crippen LogP contribution in [0.25, 0.3) is 21.1 Å². The Morgan fingerprint density at radius 1 is 0.278 bits per heavy atom. The number of unbranched alkanes of at least 4 members (excludes halogenated alkanes) is 35. The summed E-state index contributed by atoms with van der Waals surface area (Å²) < 4.78 is 33.0. The number of rotatable bonds is 52. The third-order valence-electron chi connectivity index (χ3n) is 14.1. The van der Waals surface area contributed by atoms with Crippen LogP contribution in [0.2, 0.25) is 0 Å². The minimum absolute atomic E-state index is 0.652. The van der Waals surface area contributed by atoms with Crippen LogP contribution < -0.4 is 23.7 Å². The molecule has 0 bridgehead atoms. The Bertz CT molecular complexity index is 1600. The molecule has 3 rings (SSSR count). The maximum Gasteiger partial charge on any atom is 0.203 e. The highest BCUT2D eigenvalue weighted by molar-refractivity contribution is 7.17. The number of hydrogen-bond acceptors (Lipinski definition) is 8. The fourth-order valence-electron chi connectivity index (χ4n) is 9.47. The maximum absolute atomic E-state index is 6.72. The molecule has 0 N–H and O–H groups in total. The van der Waals surface area contributed by atoms with Gasteiger partial charge in [-0.3, -0.25) is 0 Å². The molecule has 0 saturated heterocycles. The Hall–Kier alpha value is -3.00. The van der Waals surface area contributed by atoms with Crippen LogP contribution >= 0.6 is 11.3 Å². The highest BCUT2D eigenvalue weighted by Gasteiger charge is 2.20. The monoisotopic (exact) mass is 1020 g/mol. The molecule has 1 aromatic heterocycles. The average Bonchev–Trinajstić information content (AvgIpc) is 3.90. The highest BCUT2D eigenvalue weighted by Crippen LogP contribution is 2.44. The molecule has 0 spiro atoms. The van der Waals surface area contributed by atoms with Crippen LogP contribution in [0.5, 0.6) is 28.7 Å². The Balaban J connectivity index is 1.85. The van der Waals surface area contributed by atoms with E-state index in [1.54, 1.807) is 11.3 Å². The Kier molecular flexibility index (Phi) is 39.9. The summed E-state index contributed by atoms with van der Waals surface area (Å²) in [5.74, 6) is 3.93. The second kappa shape index (κ2) is 45.4. The Morgan fingerprint density at radius 3 is 0.833 bits per heavy atom. The van der Waals surface area contributed by atoms with Gasteiger partial charge in [0.15, 0.2) is 11.5 Å². The molecule has 1 heterocycles. The van der Waals surface area contributed by atoms with E-state index in [9.17, 15) is 0 Å².